The van der Waals surface area contributed by atoms with Gasteiger partial charge in [0.25, 0.3) is 11.6 Å². The third kappa shape index (κ3) is 3.95. The van der Waals surface area contributed by atoms with E-state index in [1.165, 1.54) is 17.0 Å². The van der Waals surface area contributed by atoms with Crippen LogP contribution in [0.3, 0.4) is 0 Å². The van der Waals surface area contributed by atoms with Crippen molar-refractivity contribution in [3.63, 3.8) is 0 Å². The molecule has 0 saturated carbocycles. The first kappa shape index (κ1) is 20.8. The molecule has 1 saturated heterocycles. The molecule has 1 fully saturated rings. The van der Waals surface area contributed by atoms with Gasteiger partial charge >= 0.3 is 0 Å². The van der Waals surface area contributed by atoms with Crippen LogP contribution in [0.25, 0.3) is 10.9 Å². The van der Waals surface area contributed by atoms with Crippen LogP contribution >= 0.6 is 0 Å². The normalized spacial score (nSPS) is 15.5. The molecule has 0 spiro atoms. The lowest BCUT2D eigenvalue weighted by atomic mass is 10.1. The van der Waals surface area contributed by atoms with Crippen molar-refractivity contribution in [2.45, 2.75) is 6.42 Å². The van der Waals surface area contributed by atoms with E-state index in [1.54, 1.807) is 4.90 Å². The predicted octanol–water partition coefficient (Wildman–Crippen LogP) is 2.37. The van der Waals surface area contributed by atoms with E-state index in [2.05, 4.69) is 4.98 Å². The number of carbonyl (C=O) groups excluding carboxylic acids is 2. The van der Waals surface area contributed by atoms with Crippen LogP contribution < -0.4 is 9.47 Å². The Morgan fingerprint density at radius 2 is 1.67 bits per heavy atom. The van der Waals surface area contributed by atoms with Crippen LogP contribution in [0.2, 0.25) is 0 Å². The van der Waals surface area contributed by atoms with Crippen molar-refractivity contribution >= 4 is 28.4 Å². The Morgan fingerprint density at radius 3 is 2.39 bits per heavy atom. The minimum absolute atomic E-state index is 0.0165. The summed E-state index contributed by atoms with van der Waals surface area (Å²) in [6, 6.07) is 10.4. The number of H-pyrrole nitrogens is 1. The summed E-state index contributed by atoms with van der Waals surface area (Å²) in [5.41, 5.74) is 1.56. The van der Waals surface area contributed by atoms with Gasteiger partial charge in [0.2, 0.25) is 5.91 Å². The summed E-state index contributed by atoms with van der Waals surface area (Å²) in [6.45, 7) is 1.94. The van der Waals surface area contributed by atoms with Crippen LogP contribution in [0.1, 0.15) is 15.9 Å². The molecule has 2 amide bonds. The lowest BCUT2D eigenvalue weighted by Crippen LogP contribution is -2.51. The van der Waals surface area contributed by atoms with E-state index in [0.717, 1.165) is 16.5 Å². The summed E-state index contributed by atoms with van der Waals surface area (Å²) < 4.78 is 10.9. The molecular formula is C23H22N4O6. The molecule has 0 atom stereocenters. The second kappa shape index (κ2) is 8.45. The number of aromatic amines is 1. The molecule has 3 aromatic rings. The van der Waals surface area contributed by atoms with Crippen LogP contribution in [0.15, 0.2) is 42.6 Å². The number of hydrogen-bond acceptors (Lipinski definition) is 6. The fourth-order valence-electron chi connectivity index (χ4n) is 4.28. The quantitative estimate of drug-likeness (QED) is 0.482. The number of aromatic nitrogens is 1. The summed E-state index contributed by atoms with van der Waals surface area (Å²) in [4.78, 5) is 43.4. The first-order valence-electron chi connectivity index (χ1n) is 10.7. The Balaban J connectivity index is 1.27. The number of nitro groups is 1. The van der Waals surface area contributed by atoms with E-state index in [-0.39, 0.29) is 29.3 Å². The van der Waals surface area contributed by atoms with Gasteiger partial charge in [-0.3, -0.25) is 19.7 Å². The summed E-state index contributed by atoms with van der Waals surface area (Å²) in [6.07, 6.45) is 2.12. The minimum atomic E-state index is -0.591. The van der Waals surface area contributed by atoms with Crippen LogP contribution in [-0.4, -0.2) is 70.9 Å². The molecule has 0 radical (unpaired) electrons. The number of para-hydroxylation sites is 1. The first-order valence-corrected chi connectivity index (χ1v) is 10.7. The van der Waals surface area contributed by atoms with Gasteiger partial charge in [0.15, 0.2) is 11.5 Å². The van der Waals surface area contributed by atoms with Gasteiger partial charge in [-0.05, 0) is 11.6 Å². The topological polar surface area (TPSA) is 118 Å². The number of rotatable bonds is 4. The van der Waals surface area contributed by atoms with E-state index >= 15 is 0 Å². The molecule has 0 aliphatic carbocycles. The van der Waals surface area contributed by atoms with Gasteiger partial charge in [0.1, 0.15) is 18.8 Å². The van der Waals surface area contributed by atoms with Crippen molar-refractivity contribution in [2.24, 2.45) is 0 Å². The third-order valence-electron chi connectivity index (χ3n) is 6.02. The maximum absolute atomic E-state index is 13.1. The minimum Gasteiger partial charge on any atom is -0.486 e. The monoisotopic (exact) mass is 450 g/mol. The van der Waals surface area contributed by atoms with Crippen molar-refractivity contribution in [3.8, 4) is 11.5 Å². The van der Waals surface area contributed by atoms with Crippen molar-refractivity contribution in [1.82, 2.24) is 14.8 Å². The zero-order valence-corrected chi connectivity index (χ0v) is 17.8. The molecule has 1 aromatic heterocycles. The fourth-order valence-corrected chi connectivity index (χ4v) is 4.28. The van der Waals surface area contributed by atoms with Crippen molar-refractivity contribution in [3.05, 3.63) is 63.8 Å². The maximum Gasteiger partial charge on any atom is 0.286 e. The number of nitrogens with one attached hydrogen (secondary N) is 1. The van der Waals surface area contributed by atoms with Crippen LogP contribution in [-0.2, 0) is 11.2 Å². The Bertz CT molecular complexity index is 1240. The van der Waals surface area contributed by atoms with Gasteiger partial charge in [0, 0.05) is 49.3 Å². The van der Waals surface area contributed by atoms with E-state index in [9.17, 15) is 19.7 Å². The number of benzene rings is 2. The largest absolute Gasteiger partial charge is 0.486 e. The predicted molar refractivity (Wildman–Crippen MR) is 119 cm³/mol. The van der Waals surface area contributed by atoms with Gasteiger partial charge in [-0.25, -0.2) is 0 Å². The zero-order chi connectivity index (χ0) is 22.9. The Kier molecular flexibility index (Phi) is 5.33. The number of fused-ring (bicyclic) bond motifs is 2. The van der Waals surface area contributed by atoms with Crippen molar-refractivity contribution in [1.29, 1.82) is 0 Å². The zero-order valence-electron chi connectivity index (χ0n) is 17.8. The highest BCUT2D eigenvalue weighted by Crippen LogP contribution is 2.37. The summed E-state index contributed by atoms with van der Waals surface area (Å²) in [7, 11) is 0. The van der Waals surface area contributed by atoms with Crippen LogP contribution in [0.4, 0.5) is 5.69 Å². The van der Waals surface area contributed by atoms with Gasteiger partial charge in [-0.15, -0.1) is 0 Å². The summed E-state index contributed by atoms with van der Waals surface area (Å²) >= 11 is 0. The second-order valence-electron chi connectivity index (χ2n) is 7.98. The molecular weight excluding hydrogens is 428 g/mol. The molecule has 10 nitrogen and oxygen atoms in total. The van der Waals surface area contributed by atoms with E-state index in [0.29, 0.717) is 45.1 Å². The van der Waals surface area contributed by atoms with Gasteiger partial charge < -0.3 is 24.3 Å². The van der Waals surface area contributed by atoms with E-state index in [1.807, 2.05) is 30.5 Å². The average Bonchev–Trinajstić information content (AvgIpc) is 3.25. The highest BCUT2D eigenvalue weighted by molar-refractivity contribution is 5.99. The Morgan fingerprint density at radius 1 is 1.00 bits per heavy atom. The van der Waals surface area contributed by atoms with Crippen molar-refractivity contribution < 1.29 is 24.0 Å². The second-order valence-corrected chi connectivity index (χ2v) is 7.98. The van der Waals surface area contributed by atoms with E-state index in [4.69, 9.17) is 9.47 Å². The van der Waals surface area contributed by atoms with Gasteiger partial charge in [-0.1, -0.05) is 18.2 Å². The maximum atomic E-state index is 13.1. The molecule has 2 aliphatic heterocycles. The van der Waals surface area contributed by atoms with Crippen molar-refractivity contribution in [2.75, 3.05) is 39.4 Å². The average molecular weight is 450 g/mol. The summed E-state index contributed by atoms with van der Waals surface area (Å²) in [5, 5.41) is 12.6. The standard InChI is InChI=1S/C23H22N4O6/c28-22(11-15-14-24-18-4-2-1-3-16(15)18)25-5-7-26(8-6-25)23(29)17-12-20-21(33-10-9-32-20)13-19(17)27(30)31/h1-4,12-14,24H,5-11H2. The molecule has 0 unspecified atom stereocenters. The molecule has 5 rings (SSSR count). The number of carbonyl (C=O) groups is 2. The van der Waals surface area contributed by atoms with Crippen LogP contribution in [0, 0.1) is 10.1 Å². The number of amides is 2. The highest BCUT2D eigenvalue weighted by atomic mass is 16.6. The molecule has 2 aliphatic rings. The molecule has 170 valence electrons. The number of piperazine rings is 1. The number of nitro benzene ring substituents is 1. The number of ether oxygens (including phenoxy) is 2. The SMILES string of the molecule is O=C(Cc1c[nH]c2ccccc12)N1CCN(C(=O)c2cc3c(cc2[N+](=O)[O-])OCCO3)CC1. The Labute approximate surface area is 188 Å². The fraction of sp³-hybridized carbons (Fsp3) is 0.304. The lowest BCUT2D eigenvalue weighted by molar-refractivity contribution is -0.385. The summed E-state index contributed by atoms with van der Waals surface area (Å²) in [5.74, 6) is 0.111. The Hall–Kier alpha value is -4.08. The number of hydrogen-bond donors (Lipinski definition) is 1. The first-order chi connectivity index (χ1) is 16.0. The van der Waals surface area contributed by atoms with Crippen LogP contribution in [0.5, 0.6) is 11.5 Å². The molecule has 10 heteroatoms. The molecule has 33 heavy (non-hydrogen) atoms. The molecule has 2 aromatic carbocycles. The molecule has 0 bridgehead atoms. The number of nitrogens with zero attached hydrogens (tertiary/aromatic N) is 3. The molecule has 1 N–H and O–H groups in total. The van der Waals surface area contributed by atoms with E-state index < -0.39 is 10.8 Å². The smallest absolute Gasteiger partial charge is 0.286 e. The third-order valence-corrected chi connectivity index (χ3v) is 6.02. The highest BCUT2D eigenvalue weighted by Gasteiger charge is 2.31. The van der Waals surface area contributed by atoms with Gasteiger partial charge in [-0.2, -0.15) is 0 Å². The lowest BCUT2D eigenvalue weighted by Gasteiger charge is -2.35. The molecule has 3 heterocycles. The van der Waals surface area contributed by atoms with Gasteiger partial charge in [0.05, 0.1) is 17.4 Å².